The minimum atomic E-state index is -0.997. The first-order valence-corrected chi connectivity index (χ1v) is 12.5. The van der Waals surface area contributed by atoms with Crippen LogP contribution in [-0.4, -0.2) is 65.1 Å². The van der Waals surface area contributed by atoms with Crippen LogP contribution in [0.25, 0.3) is 0 Å². The topological polar surface area (TPSA) is 116 Å². The lowest BCUT2D eigenvalue weighted by atomic mass is 9.90. The van der Waals surface area contributed by atoms with Gasteiger partial charge in [0.15, 0.2) is 17.5 Å². The lowest BCUT2D eigenvalue weighted by molar-refractivity contribution is 0.153. The number of aliphatic hydroxyl groups excluding tert-OH is 1. The number of piperidine rings is 1. The molecule has 32 heavy (non-hydrogen) atoms. The molecule has 3 rings (SSSR count). The molecule has 0 aromatic carbocycles. The van der Waals surface area contributed by atoms with E-state index < -0.39 is 23.8 Å². The minimum absolute atomic E-state index is 0.0268. The van der Waals surface area contributed by atoms with E-state index in [1.54, 1.807) is 6.07 Å². The molecule has 0 aliphatic carbocycles. The summed E-state index contributed by atoms with van der Waals surface area (Å²) in [7, 11) is 1.90. The highest BCUT2D eigenvalue weighted by Crippen LogP contribution is 2.34. The molecule has 1 fully saturated rings. The summed E-state index contributed by atoms with van der Waals surface area (Å²) in [5.74, 6) is 0.656. The van der Waals surface area contributed by atoms with E-state index in [1.807, 2.05) is 25.8 Å². The van der Waals surface area contributed by atoms with E-state index in [0.29, 0.717) is 17.5 Å². The number of H-pyrrole nitrogens is 1. The summed E-state index contributed by atoms with van der Waals surface area (Å²) in [4.78, 5) is 10.7. The van der Waals surface area contributed by atoms with Crippen LogP contribution in [0.3, 0.4) is 0 Å². The second-order valence-corrected chi connectivity index (χ2v) is 9.82. The fourth-order valence-corrected chi connectivity index (χ4v) is 5.75. The van der Waals surface area contributed by atoms with E-state index in [0.717, 1.165) is 31.4 Å². The summed E-state index contributed by atoms with van der Waals surface area (Å²) >= 11 is -0.997. The van der Waals surface area contributed by atoms with Gasteiger partial charge in [-0.3, -0.25) is 5.10 Å². The first-order valence-electron chi connectivity index (χ1n) is 11.2. The normalized spacial score (nSPS) is 22.7. The summed E-state index contributed by atoms with van der Waals surface area (Å²) in [6.07, 6.45) is 3.41. The number of nitrogens with zero attached hydrogens (tertiary/aromatic N) is 5. The van der Waals surface area contributed by atoms with Crippen LogP contribution < -0.4 is 10.2 Å². The van der Waals surface area contributed by atoms with Gasteiger partial charge in [0.1, 0.15) is 11.4 Å². The fraction of sp³-hybridized carbons (Fsp3) is 0.667. The number of halogens is 1. The maximum absolute atomic E-state index is 14.8. The number of rotatable bonds is 9. The molecular weight excluding hydrogens is 433 g/mol. The van der Waals surface area contributed by atoms with Crippen LogP contribution in [0.2, 0.25) is 0 Å². The Kier molecular flexibility index (Phi) is 8.32. The molecule has 11 heteroatoms. The first-order chi connectivity index (χ1) is 15.3. The van der Waals surface area contributed by atoms with Crippen molar-refractivity contribution in [1.29, 1.82) is 0 Å². The zero-order valence-corrected chi connectivity index (χ0v) is 20.2. The lowest BCUT2D eigenvalue weighted by Crippen LogP contribution is -2.56. The van der Waals surface area contributed by atoms with Crippen molar-refractivity contribution in [2.45, 2.75) is 78.1 Å². The molecule has 0 bridgehead atoms. The second-order valence-electron chi connectivity index (χ2n) is 8.18. The Morgan fingerprint density at radius 3 is 2.44 bits per heavy atom. The van der Waals surface area contributed by atoms with Crippen LogP contribution in [0.15, 0.2) is 6.07 Å². The number of aromatic amines is 1. The number of anilines is 3. The summed E-state index contributed by atoms with van der Waals surface area (Å²) in [5.41, 5.74) is 0.759. The Hall–Kier alpha value is -1.95. The highest BCUT2D eigenvalue weighted by Gasteiger charge is 2.42. The minimum Gasteiger partial charge on any atom is -0.598 e. The van der Waals surface area contributed by atoms with Gasteiger partial charge in [0, 0.05) is 36.2 Å². The molecule has 3 N–H and O–H groups in total. The van der Waals surface area contributed by atoms with Crippen molar-refractivity contribution in [1.82, 2.24) is 24.5 Å². The molecule has 1 saturated heterocycles. The Bertz CT molecular complexity index is 885. The van der Waals surface area contributed by atoms with Crippen molar-refractivity contribution in [3.63, 3.8) is 0 Å². The first kappa shape index (κ1) is 24.7. The number of aryl methyl sites for hydroxylation is 1. The van der Waals surface area contributed by atoms with Crippen LogP contribution in [0, 0.1) is 12.7 Å². The van der Waals surface area contributed by atoms with Gasteiger partial charge in [0.25, 0.3) is 0 Å². The SMILES string of the molecule is CC[C@@H]1CC(N(C)c2nc(CO)c(F)c(Nc3cc(C)[nH]n3)n2)C[C@H](CC)N1[S+]([O-])CC. The molecule has 9 nitrogen and oxygen atoms in total. The van der Waals surface area contributed by atoms with Gasteiger partial charge in [0.2, 0.25) is 5.95 Å². The molecule has 0 saturated carbocycles. The lowest BCUT2D eigenvalue weighted by Gasteiger charge is -2.45. The highest BCUT2D eigenvalue weighted by molar-refractivity contribution is 7.89. The Balaban J connectivity index is 1.89. The molecule has 0 spiro atoms. The smallest absolute Gasteiger partial charge is 0.227 e. The average molecular weight is 468 g/mol. The molecule has 2 aromatic rings. The van der Waals surface area contributed by atoms with E-state index in [9.17, 15) is 14.0 Å². The quantitative estimate of drug-likeness (QED) is 0.482. The molecular formula is C21H34FN7O2S. The van der Waals surface area contributed by atoms with Gasteiger partial charge in [-0.1, -0.05) is 13.8 Å². The third-order valence-electron chi connectivity index (χ3n) is 6.11. The molecule has 1 aliphatic heterocycles. The van der Waals surface area contributed by atoms with Crippen molar-refractivity contribution < 1.29 is 14.0 Å². The van der Waals surface area contributed by atoms with Crippen molar-refractivity contribution in [3.8, 4) is 0 Å². The zero-order chi connectivity index (χ0) is 23.4. The van der Waals surface area contributed by atoms with Crippen LogP contribution in [0.4, 0.5) is 22.0 Å². The molecule has 1 aliphatic rings. The van der Waals surface area contributed by atoms with Crippen molar-refractivity contribution in [2.24, 2.45) is 0 Å². The zero-order valence-electron chi connectivity index (χ0n) is 19.4. The fourth-order valence-electron chi connectivity index (χ4n) is 4.31. The van der Waals surface area contributed by atoms with Crippen LogP contribution >= 0.6 is 0 Å². The predicted molar refractivity (Wildman–Crippen MR) is 125 cm³/mol. The maximum atomic E-state index is 14.8. The van der Waals surface area contributed by atoms with Gasteiger partial charge in [-0.05, 0) is 39.5 Å². The molecule has 2 aromatic heterocycles. The van der Waals surface area contributed by atoms with Crippen molar-refractivity contribution >= 4 is 28.9 Å². The molecule has 0 amide bonds. The van der Waals surface area contributed by atoms with Crippen molar-refractivity contribution in [3.05, 3.63) is 23.3 Å². The summed E-state index contributed by atoms with van der Waals surface area (Å²) < 4.78 is 29.7. The number of hydrogen-bond acceptors (Lipinski definition) is 8. The largest absolute Gasteiger partial charge is 0.598 e. The van der Waals surface area contributed by atoms with Gasteiger partial charge in [-0.15, -0.1) is 4.31 Å². The van der Waals surface area contributed by atoms with E-state index >= 15 is 0 Å². The van der Waals surface area contributed by atoms with Crippen LogP contribution in [0.1, 0.15) is 57.8 Å². The van der Waals surface area contributed by atoms with E-state index in [1.165, 1.54) is 0 Å². The Morgan fingerprint density at radius 2 is 1.94 bits per heavy atom. The monoisotopic (exact) mass is 467 g/mol. The number of aliphatic hydroxyl groups is 1. The van der Waals surface area contributed by atoms with Crippen LogP contribution in [0.5, 0.6) is 0 Å². The number of hydrogen-bond donors (Lipinski definition) is 3. The third-order valence-corrected chi connectivity index (χ3v) is 7.67. The van der Waals surface area contributed by atoms with E-state index in [2.05, 4.69) is 43.6 Å². The second kappa shape index (κ2) is 10.8. The maximum Gasteiger partial charge on any atom is 0.227 e. The molecule has 0 radical (unpaired) electrons. The summed E-state index contributed by atoms with van der Waals surface area (Å²) in [5, 5.41) is 19.4. The van der Waals surface area contributed by atoms with Gasteiger partial charge in [0.05, 0.1) is 18.7 Å². The Morgan fingerprint density at radius 1 is 1.28 bits per heavy atom. The number of aromatic nitrogens is 4. The Labute approximate surface area is 192 Å². The highest BCUT2D eigenvalue weighted by atomic mass is 32.2. The van der Waals surface area contributed by atoms with Gasteiger partial charge >= 0.3 is 0 Å². The molecule has 4 atom stereocenters. The van der Waals surface area contributed by atoms with Gasteiger partial charge in [-0.25, -0.2) is 9.37 Å². The summed E-state index contributed by atoms with van der Waals surface area (Å²) in [6, 6.07) is 2.21. The van der Waals surface area contributed by atoms with Crippen molar-refractivity contribution in [2.75, 3.05) is 23.0 Å². The van der Waals surface area contributed by atoms with E-state index in [4.69, 9.17) is 0 Å². The standard InChI is InChI=1S/C21H34FN7O2S/c1-6-14-10-16(11-15(7-2)29(14)32(31)8-3)28(5)21-23-17(12-30)19(22)20(25-21)24-18-9-13(4)26-27-18/h9,14-16,30H,6-8,10-12H2,1-5H3,(H2,23,24,25,26,27)/t14-,15+,16?,32?. The predicted octanol–water partition coefficient (Wildman–Crippen LogP) is 3.02. The van der Waals surface area contributed by atoms with Crippen LogP contribution in [-0.2, 0) is 18.0 Å². The summed E-state index contributed by atoms with van der Waals surface area (Å²) in [6.45, 7) is 7.50. The number of nitrogens with one attached hydrogen (secondary N) is 2. The van der Waals surface area contributed by atoms with Gasteiger partial charge in [-0.2, -0.15) is 10.1 Å². The molecule has 2 unspecified atom stereocenters. The molecule has 178 valence electrons. The van der Waals surface area contributed by atoms with Gasteiger partial charge < -0.3 is 19.9 Å². The molecule has 3 heterocycles. The average Bonchev–Trinajstić information content (AvgIpc) is 3.22. The third kappa shape index (κ3) is 5.16. The van der Waals surface area contributed by atoms with E-state index in [-0.39, 0.29) is 29.6 Å².